The Labute approximate surface area is 188 Å². The number of cyclic esters (lactones) is 1. The third-order valence-corrected chi connectivity index (χ3v) is 5.19. The van der Waals surface area contributed by atoms with E-state index in [2.05, 4.69) is 4.99 Å². The molecule has 0 N–H and O–H groups in total. The summed E-state index contributed by atoms with van der Waals surface area (Å²) in [6.07, 6.45) is 1.56. The van der Waals surface area contributed by atoms with Crippen LogP contribution in [-0.4, -0.2) is 16.8 Å². The minimum atomic E-state index is -0.649. The maximum absolute atomic E-state index is 12.4. The van der Waals surface area contributed by atoms with Gasteiger partial charge in [-0.05, 0) is 31.2 Å². The predicted octanol–water partition coefficient (Wildman–Crippen LogP) is 5.48. The summed E-state index contributed by atoms with van der Waals surface area (Å²) in [5, 5.41) is 11.8. The molecule has 4 rings (SSSR count). The Hall–Kier alpha value is -3.97. The first kappa shape index (κ1) is 21.3. The number of carbonyl (C=O) groups excluding carboxylic acids is 1. The first-order valence-corrected chi connectivity index (χ1v) is 10.0. The van der Waals surface area contributed by atoms with Crippen LogP contribution in [0.15, 0.2) is 77.4 Å². The molecule has 0 spiro atoms. The number of aliphatic imine (C=N–C) groups is 1. The van der Waals surface area contributed by atoms with Crippen LogP contribution in [0.1, 0.15) is 22.3 Å². The lowest BCUT2D eigenvalue weighted by Crippen LogP contribution is -2.06. The number of rotatable bonds is 6. The Bertz CT molecular complexity index is 1280. The molecule has 1 aliphatic rings. The van der Waals surface area contributed by atoms with Gasteiger partial charge in [0.2, 0.25) is 5.90 Å². The van der Waals surface area contributed by atoms with E-state index in [1.807, 2.05) is 30.3 Å². The molecule has 1 aliphatic heterocycles. The molecule has 8 heteroatoms. The molecular formula is C24H17ClN2O5. The van der Waals surface area contributed by atoms with Gasteiger partial charge in [0.1, 0.15) is 12.4 Å². The highest BCUT2D eigenvalue weighted by atomic mass is 35.5. The summed E-state index contributed by atoms with van der Waals surface area (Å²) in [5.41, 5.74) is 2.31. The van der Waals surface area contributed by atoms with Crippen molar-refractivity contribution in [2.24, 2.45) is 4.99 Å². The van der Waals surface area contributed by atoms with Gasteiger partial charge >= 0.3 is 5.97 Å². The van der Waals surface area contributed by atoms with Gasteiger partial charge in [-0.3, -0.25) is 10.1 Å². The van der Waals surface area contributed by atoms with Gasteiger partial charge in [-0.2, -0.15) is 0 Å². The number of benzene rings is 3. The predicted molar refractivity (Wildman–Crippen MR) is 121 cm³/mol. The van der Waals surface area contributed by atoms with Gasteiger partial charge in [0.05, 0.1) is 4.92 Å². The third-order valence-electron chi connectivity index (χ3n) is 4.83. The highest BCUT2D eigenvalue weighted by molar-refractivity contribution is 6.31. The number of nitro groups is 1. The van der Waals surface area contributed by atoms with Crippen LogP contribution in [0.4, 0.5) is 5.69 Å². The maximum Gasteiger partial charge on any atom is 0.363 e. The quantitative estimate of drug-likeness (QED) is 0.215. The molecule has 32 heavy (non-hydrogen) atoms. The van der Waals surface area contributed by atoms with Crippen molar-refractivity contribution in [1.29, 1.82) is 0 Å². The van der Waals surface area contributed by atoms with Crippen LogP contribution in [0.3, 0.4) is 0 Å². The second-order valence-corrected chi connectivity index (χ2v) is 7.42. The van der Waals surface area contributed by atoms with Crippen molar-refractivity contribution in [1.82, 2.24) is 0 Å². The fourth-order valence-corrected chi connectivity index (χ4v) is 3.31. The van der Waals surface area contributed by atoms with E-state index in [0.29, 0.717) is 27.5 Å². The van der Waals surface area contributed by atoms with Crippen LogP contribution in [-0.2, 0) is 16.1 Å². The van der Waals surface area contributed by atoms with Gasteiger partial charge in [-0.1, -0.05) is 54.1 Å². The number of hydrogen-bond donors (Lipinski definition) is 0. The molecule has 3 aromatic carbocycles. The van der Waals surface area contributed by atoms with Crippen molar-refractivity contribution in [2.75, 3.05) is 0 Å². The van der Waals surface area contributed by atoms with Crippen molar-refractivity contribution in [3.8, 4) is 5.75 Å². The molecule has 0 amide bonds. The molecule has 7 nitrogen and oxygen atoms in total. The molecule has 0 fully saturated rings. The lowest BCUT2D eigenvalue weighted by Gasteiger charge is -2.10. The zero-order valence-corrected chi connectivity index (χ0v) is 17.7. The summed E-state index contributed by atoms with van der Waals surface area (Å²) in [5.74, 6) is -0.0923. The third kappa shape index (κ3) is 4.53. The molecule has 0 atom stereocenters. The molecule has 1 heterocycles. The van der Waals surface area contributed by atoms with Crippen molar-refractivity contribution in [3.63, 3.8) is 0 Å². The molecule has 0 bridgehead atoms. The van der Waals surface area contributed by atoms with Crippen molar-refractivity contribution in [2.45, 2.75) is 13.5 Å². The number of halogens is 1. The standard InChI is InChI=1S/C24H17ClN2O5/c1-15-10-11-17(13-21(15)27(29)30)23-26-20(24(28)32-23)12-16-6-3-5-9-22(16)31-14-18-7-2-4-8-19(18)25/h2-13H,14H2,1H3/b20-12-. The van der Waals surface area contributed by atoms with Gasteiger partial charge < -0.3 is 9.47 Å². The fourth-order valence-electron chi connectivity index (χ4n) is 3.12. The number of nitrogens with zero attached hydrogens (tertiary/aromatic N) is 2. The zero-order chi connectivity index (χ0) is 22.7. The minimum Gasteiger partial charge on any atom is -0.488 e. The molecule has 0 radical (unpaired) electrons. The Balaban J connectivity index is 1.61. The number of hydrogen-bond acceptors (Lipinski definition) is 6. The van der Waals surface area contributed by atoms with Crippen LogP contribution in [0.25, 0.3) is 6.08 Å². The van der Waals surface area contributed by atoms with Crippen LogP contribution < -0.4 is 4.74 Å². The highest BCUT2D eigenvalue weighted by Gasteiger charge is 2.26. The summed E-state index contributed by atoms with van der Waals surface area (Å²) in [6, 6.07) is 19.1. The molecular weight excluding hydrogens is 432 g/mol. The Morgan fingerprint density at radius 3 is 2.66 bits per heavy atom. The van der Waals surface area contributed by atoms with Crippen molar-refractivity contribution >= 4 is 35.2 Å². The molecule has 0 aromatic heterocycles. The monoisotopic (exact) mass is 448 g/mol. The number of esters is 1. The van der Waals surface area contributed by atoms with E-state index in [4.69, 9.17) is 21.1 Å². The maximum atomic E-state index is 12.4. The Morgan fingerprint density at radius 1 is 1.12 bits per heavy atom. The van der Waals surface area contributed by atoms with Crippen LogP contribution in [0, 0.1) is 17.0 Å². The topological polar surface area (TPSA) is 91.0 Å². The first-order chi connectivity index (χ1) is 15.4. The summed E-state index contributed by atoms with van der Waals surface area (Å²) in [6.45, 7) is 1.89. The van der Waals surface area contributed by atoms with E-state index in [0.717, 1.165) is 5.56 Å². The van der Waals surface area contributed by atoms with Gasteiger partial charge in [0.15, 0.2) is 5.70 Å². The second kappa shape index (κ2) is 9.03. The van der Waals surface area contributed by atoms with Crippen molar-refractivity contribution in [3.05, 3.63) is 110 Å². The SMILES string of the molecule is Cc1ccc(C2=N/C(=C\c3ccccc3OCc3ccccc3Cl)C(=O)O2)cc1[N+](=O)[O-]. The minimum absolute atomic E-state index is 0.0128. The summed E-state index contributed by atoms with van der Waals surface area (Å²) >= 11 is 6.19. The van der Waals surface area contributed by atoms with Crippen LogP contribution in [0.2, 0.25) is 5.02 Å². The number of carbonyl (C=O) groups is 1. The van der Waals surface area contributed by atoms with E-state index < -0.39 is 10.9 Å². The number of para-hydroxylation sites is 1. The van der Waals surface area contributed by atoms with Gasteiger partial charge in [-0.15, -0.1) is 0 Å². The van der Waals surface area contributed by atoms with E-state index in [1.54, 1.807) is 43.3 Å². The summed E-state index contributed by atoms with van der Waals surface area (Å²) < 4.78 is 11.2. The summed E-state index contributed by atoms with van der Waals surface area (Å²) in [4.78, 5) is 27.4. The van der Waals surface area contributed by atoms with E-state index >= 15 is 0 Å². The molecule has 160 valence electrons. The number of ether oxygens (including phenoxy) is 2. The summed E-state index contributed by atoms with van der Waals surface area (Å²) in [7, 11) is 0. The van der Waals surface area contributed by atoms with Crippen LogP contribution in [0.5, 0.6) is 5.75 Å². The molecule has 0 saturated heterocycles. The Morgan fingerprint density at radius 2 is 1.88 bits per heavy atom. The smallest absolute Gasteiger partial charge is 0.363 e. The largest absolute Gasteiger partial charge is 0.488 e. The van der Waals surface area contributed by atoms with E-state index in [-0.39, 0.29) is 23.9 Å². The lowest BCUT2D eigenvalue weighted by molar-refractivity contribution is -0.385. The number of nitro benzene ring substituents is 1. The van der Waals surface area contributed by atoms with Gasteiger partial charge in [-0.25, -0.2) is 9.79 Å². The molecule has 3 aromatic rings. The molecule has 0 aliphatic carbocycles. The Kier molecular flexibility index (Phi) is 6.00. The second-order valence-electron chi connectivity index (χ2n) is 7.01. The first-order valence-electron chi connectivity index (χ1n) is 9.65. The average Bonchev–Trinajstić information content (AvgIpc) is 3.14. The zero-order valence-electron chi connectivity index (χ0n) is 16.9. The van der Waals surface area contributed by atoms with Gasteiger partial charge in [0.25, 0.3) is 5.69 Å². The molecule has 0 unspecified atom stereocenters. The number of aryl methyl sites for hydroxylation is 1. The van der Waals surface area contributed by atoms with Gasteiger partial charge in [0, 0.05) is 33.3 Å². The van der Waals surface area contributed by atoms with Crippen molar-refractivity contribution < 1.29 is 19.2 Å². The fraction of sp³-hybridized carbons (Fsp3) is 0.0833. The normalized spacial score (nSPS) is 14.2. The average molecular weight is 449 g/mol. The van der Waals surface area contributed by atoms with Crippen LogP contribution >= 0.6 is 11.6 Å². The highest BCUT2D eigenvalue weighted by Crippen LogP contribution is 2.27. The van der Waals surface area contributed by atoms with E-state index in [9.17, 15) is 14.9 Å². The van der Waals surface area contributed by atoms with E-state index in [1.165, 1.54) is 6.07 Å². The lowest BCUT2D eigenvalue weighted by atomic mass is 10.1. The molecule has 0 saturated carbocycles.